The van der Waals surface area contributed by atoms with Crippen molar-refractivity contribution in [2.45, 2.75) is 25.8 Å². The minimum atomic E-state index is -0.994. The zero-order chi connectivity index (χ0) is 15.9. The minimum absolute atomic E-state index is 0.117. The molecule has 1 fully saturated rings. The van der Waals surface area contributed by atoms with Crippen LogP contribution in [0.4, 0.5) is 16.2 Å². The molecule has 118 valence electrons. The lowest BCUT2D eigenvalue weighted by Crippen LogP contribution is -2.40. The van der Waals surface area contributed by atoms with Crippen LogP contribution in [-0.4, -0.2) is 39.9 Å². The molecule has 1 aromatic carbocycles. The van der Waals surface area contributed by atoms with Gasteiger partial charge in [-0.15, -0.1) is 0 Å². The maximum absolute atomic E-state index is 10.8. The molecule has 0 saturated carbocycles. The number of hydrogen-bond donors (Lipinski definition) is 3. The molecule has 1 aliphatic rings. The summed E-state index contributed by atoms with van der Waals surface area (Å²) in [6, 6.07) is 4.00. The minimum Gasteiger partial charge on any atom is -0.465 e. The van der Waals surface area contributed by atoms with Gasteiger partial charge in [0, 0.05) is 26.2 Å². The monoisotopic (exact) mass is 303 g/mol. The van der Waals surface area contributed by atoms with Crippen LogP contribution in [0.2, 0.25) is 0 Å². The Morgan fingerprint density at radius 1 is 1.55 bits per heavy atom. The van der Waals surface area contributed by atoms with Gasteiger partial charge in [0.15, 0.2) is 0 Å². The smallest absolute Gasteiger partial charge is 0.404 e. The molecule has 1 aromatic heterocycles. The number of aromatic nitrogens is 2. The number of nitrogens with one attached hydrogen (secondary N) is 1. The van der Waals surface area contributed by atoms with Crippen LogP contribution in [0.1, 0.15) is 18.7 Å². The molecule has 1 saturated heterocycles. The molecule has 2 aromatic rings. The number of amides is 1. The fraction of sp³-hybridized carbons (Fsp3) is 0.467. The van der Waals surface area contributed by atoms with Gasteiger partial charge in [0.05, 0.1) is 16.9 Å². The van der Waals surface area contributed by atoms with Crippen LogP contribution < -0.4 is 16.0 Å². The topological polar surface area (TPSA) is 96.4 Å². The van der Waals surface area contributed by atoms with Crippen molar-refractivity contribution in [3.8, 4) is 0 Å². The molecule has 0 bridgehead atoms. The largest absolute Gasteiger partial charge is 0.465 e. The van der Waals surface area contributed by atoms with E-state index in [9.17, 15) is 4.79 Å². The van der Waals surface area contributed by atoms with E-state index in [-0.39, 0.29) is 6.04 Å². The molecule has 0 aliphatic carbocycles. The Balaban J connectivity index is 2.03. The van der Waals surface area contributed by atoms with Crippen molar-refractivity contribution in [3.63, 3.8) is 0 Å². The Bertz CT molecular complexity index is 724. The van der Waals surface area contributed by atoms with Crippen LogP contribution in [0.15, 0.2) is 12.1 Å². The Labute approximate surface area is 128 Å². The van der Waals surface area contributed by atoms with Gasteiger partial charge in [-0.1, -0.05) is 0 Å². The summed E-state index contributed by atoms with van der Waals surface area (Å²) in [5.74, 6) is 0.932. The molecule has 4 N–H and O–H groups in total. The fourth-order valence-corrected chi connectivity index (χ4v) is 3.23. The third kappa shape index (κ3) is 2.32. The highest BCUT2D eigenvalue weighted by molar-refractivity contribution is 5.96. The summed E-state index contributed by atoms with van der Waals surface area (Å²) < 4.78 is 2.04. The summed E-state index contributed by atoms with van der Waals surface area (Å²) in [5.41, 5.74) is 9.76. The van der Waals surface area contributed by atoms with Gasteiger partial charge in [0.2, 0.25) is 0 Å². The molecule has 22 heavy (non-hydrogen) atoms. The molecule has 7 nitrogen and oxygen atoms in total. The second-order valence-electron chi connectivity index (χ2n) is 5.76. The first-order valence-corrected chi connectivity index (χ1v) is 7.44. The number of carboxylic acid groups (broad SMARTS) is 1. The van der Waals surface area contributed by atoms with Crippen LogP contribution in [0.5, 0.6) is 0 Å². The highest BCUT2D eigenvalue weighted by Gasteiger charge is 2.29. The number of nitrogens with zero attached hydrogens (tertiary/aromatic N) is 3. The van der Waals surface area contributed by atoms with E-state index in [4.69, 9.17) is 10.8 Å². The van der Waals surface area contributed by atoms with E-state index in [0.717, 1.165) is 41.9 Å². The van der Waals surface area contributed by atoms with E-state index in [2.05, 4.69) is 15.2 Å². The Morgan fingerprint density at radius 2 is 2.32 bits per heavy atom. The molecule has 1 atom stereocenters. The van der Waals surface area contributed by atoms with Crippen molar-refractivity contribution in [2.75, 3.05) is 23.7 Å². The SMILES string of the molecule is Cc1nc2c(N3CCCC3CNC(=O)O)c(N)ccc2n1C. The third-order valence-corrected chi connectivity index (χ3v) is 4.43. The lowest BCUT2D eigenvalue weighted by Gasteiger charge is -2.28. The van der Waals surface area contributed by atoms with Crippen molar-refractivity contribution in [2.24, 2.45) is 7.05 Å². The summed E-state index contributed by atoms with van der Waals surface area (Å²) in [7, 11) is 1.98. The van der Waals surface area contributed by atoms with Gasteiger partial charge in [-0.2, -0.15) is 0 Å². The summed E-state index contributed by atoms with van der Waals surface area (Å²) in [5, 5.41) is 11.3. The van der Waals surface area contributed by atoms with Gasteiger partial charge in [0.1, 0.15) is 11.3 Å². The lowest BCUT2D eigenvalue weighted by atomic mass is 10.1. The van der Waals surface area contributed by atoms with Crippen molar-refractivity contribution in [3.05, 3.63) is 18.0 Å². The Kier molecular flexibility index (Phi) is 3.56. The van der Waals surface area contributed by atoms with Crippen LogP contribution >= 0.6 is 0 Å². The first kappa shape index (κ1) is 14.5. The van der Waals surface area contributed by atoms with Crippen molar-refractivity contribution in [1.29, 1.82) is 0 Å². The summed E-state index contributed by atoms with van der Waals surface area (Å²) >= 11 is 0. The summed E-state index contributed by atoms with van der Waals surface area (Å²) in [6.45, 7) is 3.23. The van der Waals surface area contributed by atoms with E-state index < -0.39 is 6.09 Å². The first-order chi connectivity index (χ1) is 10.5. The highest BCUT2D eigenvalue weighted by atomic mass is 16.4. The maximum Gasteiger partial charge on any atom is 0.404 e. The summed E-state index contributed by atoms with van der Waals surface area (Å²) in [6.07, 6.45) is 0.974. The van der Waals surface area contributed by atoms with E-state index in [1.54, 1.807) is 0 Å². The number of aryl methyl sites for hydroxylation is 2. The predicted octanol–water partition coefficient (Wildman–Crippen LogP) is 1.70. The molecule has 2 heterocycles. The number of carbonyl (C=O) groups is 1. The fourth-order valence-electron chi connectivity index (χ4n) is 3.23. The molecular weight excluding hydrogens is 282 g/mol. The number of imidazole rings is 1. The Morgan fingerprint density at radius 3 is 3.05 bits per heavy atom. The molecule has 7 heteroatoms. The average molecular weight is 303 g/mol. The van der Waals surface area contributed by atoms with Gasteiger partial charge in [-0.25, -0.2) is 9.78 Å². The van der Waals surface area contributed by atoms with Crippen LogP contribution in [-0.2, 0) is 7.05 Å². The van der Waals surface area contributed by atoms with Crippen LogP contribution in [0.3, 0.4) is 0 Å². The molecule has 0 spiro atoms. The van der Waals surface area contributed by atoms with Gasteiger partial charge < -0.3 is 25.6 Å². The van der Waals surface area contributed by atoms with E-state index in [1.165, 1.54) is 0 Å². The van der Waals surface area contributed by atoms with Gasteiger partial charge >= 0.3 is 6.09 Å². The normalized spacial score (nSPS) is 18.1. The number of rotatable bonds is 3. The molecule has 1 unspecified atom stereocenters. The molecule has 0 radical (unpaired) electrons. The van der Waals surface area contributed by atoms with Gasteiger partial charge in [0.25, 0.3) is 0 Å². The second kappa shape index (κ2) is 5.40. The number of fused-ring (bicyclic) bond motifs is 1. The first-order valence-electron chi connectivity index (χ1n) is 7.44. The molecule has 1 aliphatic heterocycles. The predicted molar refractivity (Wildman–Crippen MR) is 86.3 cm³/mol. The number of nitrogens with two attached hydrogens (primary N) is 1. The molecule has 1 amide bonds. The zero-order valence-electron chi connectivity index (χ0n) is 12.8. The van der Waals surface area contributed by atoms with Crippen molar-refractivity contribution < 1.29 is 9.90 Å². The average Bonchev–Trinajstić information content (AvgIpc) is 3.03. The number of benzene rings is 1. The number of anilines is 2. The number of hydrogen-bond acceptors (Lipinski definition) is 4. The molecular formula is C15H21N5O2. The summed E-state index contributed by atoms with van der Waals surface area (Å²) in [4.78, 5) is 17.6. The van der Waals surface area contributed by atoms with Gasteiger partial charge in [-0.05, 0) is 31.9 Å². The zero-order valence-corrected chi connectivity index (χ0v) is 12.8. The van der Waals surface area contributed by atoms with Gasteiger partial charge in [-0.3, -0.25) is 0 Å². The van der Waals surface area contributed by atoms with Crippen LogP contribution in [0, 0.1) is 6.92 Å². The maximum atomic E-state index is 10.8. The third-order valence-electron chi connectivity index (χ3n) is 4.43. The van der Waals surface area contributed by atoms with Crippen LogP contribution in [0.25, 0.3) is 11.0 Å². The number of nitrogen functional groups attached to an aromatic ring is 1. The van der Waals surface area contributed by atoms with Crippen molar-refractivity contribution in [1.82, 2.24) is 14.9 Å². The second-order valence-corrected chi connectivity index (χ2v) is 5.76. The quantitative estimate of drug-likeness (QED) is 0.750. The lowest BCUT2D eigenvalue weighted by molar-refractivity contribution is 0.193. The van der Waals surface area contributed by atoms with E-state index in [1.807, 2.05) is 30.7 Å². The molecule has 3 rings (SSSR count). The van der Waals surface area contributed by atoms with E-state index >= 15 is 0 Å². The van der Waals surface area contributed by atoms with Crippen molar-refractivity contribution >= 4 is 28.5 Å². The Hall–Kier alpha value is -2.44. The highest BCUT2D eigenvalue weighted by Crippen LogP contribution is 2.36. The van der Waals surface area contributed by atoms with E-state index in [0.29, 0.717) is 12.2 Å². The standard InChI is InChI=1S/C15H21N5O2/c1-9-18-13-12(19(9)2)6-5-11(16)14(13)20-7-3-4-10(20)8-17-15(21)22/h5-6,10,17H,3-4,7-8,16H2,1-2H3,(H,21,22).